The maximum Gasteiger partial charge on any atom is 0.167 e. The molecule has 4 saturated carbocycles. The van der Waals surface area contributed by atoms with E-state index in [4.69, 9.17) is 29.9 Å². The number of hydrogen-bond donors (Lipinski definition) is 0. The molecule has 6 aliphatic carbocycles. The summed E-state index contributed by atoms with van der Waals surface area (Å²) in [5, 5.41) is 0. The molecule has 2 heterocycles. The molecule has 6 unspecified atom stereocenters. The van der Waals surface area contributed by atoms with Gasteiger partial charge in [0, 0.05) is 38.6 Å². The van der Waals surface area contributed by atoms with Crippen LogP contribution in [-0.4, -0.2) is 29.9 Å². The molecule has 412 valence electrons. The van der Waals surface area contributed by atoms with Crippen molar-refractivity contribution in [2.45, 2.75) is 83.5 Å². The van der Waals surface area contributed by atoms with Gasteiger partial charge in [0.2, 0.25) is 0 Å². The highest BCUT2D eigenvalue weighted by Gasteiger charge is 2.82. The van der Waals surface area contributed by atoms with Crippen LogP contribution in [0.5, 0.6) is 0 Å². The zero-order valence-corrected chi connectivity index (χ0v) is 48.5. The first-order valence-electron chi connectivity index (χ1n) is 30.7. The van der Waals surface area contributed by atoms with Gasteiger partial charge in [-0.3, -0.25) is 0 Å². The molecule has 0 aliphatic heterocycles. The van der Waals surface area contributed by atoms with Gasteiger partial charge >= 0.3 is 0 Å². The first-order chi connectivity index (χ1) is 41.5. The third kappa shape index (κ3) is 7.16. The molecule has 6 atom stereocenters. The van der Waals surface area contributed by atoms with E-state index in [1.165, 1.54) is 92.4 Å². The Morgan fingerprint density at radius 1 is 0.412 bits per heavy atom. The molecule has 0 radical (unpaired) electrons. The van der Waals surface area contributed by atoms with Gasteiger partial charge in [-0.05, 0) is 163 Å². The molecule has 6 aliphatic rings. The number of aryl methyl sites for hydroxylation is 1. The minimum absolute atomic E-state index is 0.0950. The van der Waals surface area contributed by atoms with Gasteiger partial charge in [0.1, 0.15) is 5.82 Å². The molecule has 17 rings (SSSR count). The van der Waals surface area contributed by atoms with Gasteiger partial charge in [0.05, 0.1) is 5.56 Å². The highest BCUT2D eigenvalue weighted by Crippen LogP contribution is 2.88. The number of nitrogens with zero attached hydrogens (tertiary/aromatic N) is 6. The van der Waals surface area contributed by atoms with Crippen molar-refractivity contribution in [3.05, 3.63) is 239 Å². The number of hydrogen-bond acceptors (Lipinski definition) is 6. The fourth-order valence-electron chi connectivity index (χ4n) is 17.5. The highest BCUT2D eigenvalue weighted by atomic mass is 19.1. The fourth-order valence-corrected chi connectivity index (χ4v) is 17.5. The van der Waals surface area contributed by atoms with Crippen LogP contribution in [0.1, 0.15) is 99.6 Å². The lowest BCUT2D eigenvalue weighted by Gasteiger charge is -2.70. The topological polar surface area (TPSA) is 77.3 Å². The zero-order chi connectivity index (χ0) is 57.1. The Hall–Kier alpha value is -9.07. The lowest BCUT2D eigenvalue weighted by atomic mass is 9.34. The molecule has 2 aromatic heterocycles. The minimum Gasteiger partial charge on any atom is -0.208 e. The lowest BCUT2D eigenvalue weighted by Crippen LogP contribution is -2.65. The van der Waals surface area contributed by atoms with E-state index in [-0.39, 0.29) is 22.2 Å². The van der Waals surface area contributed by atoms with Crippen LogP contribution >= 0.6 is 0 Å². The third-order valence-electron chi connectivity index (χ3n) is 21.5. The van der Waals surface area contributed by atoms with E-state index in [0.29, 0.717) is 63.4 Å². The highest BCUT2D eigenvalue weighted by molar-refractivity contribution is 6.02. The number of aromatic nitrogens is 6. The molecule has 2 bridgehead atoms. The Bertz CT molecular complexity index is 4570. The van der Waals surface area contributed by atoms with Gasteiger partial charge < -0.3 is 0 Å². The summed E-state index contributed by atoms with van der Waals surface area (Å²) in [7, 11) is 0. The van der Waals surface area contributed by atoms with E-state index < -0.39 is 5.82 Å². The quantitative estimate of drug-likeness (QED) is 0.136. The van der Waals surface area contributed by atoms with Crippen molar-refractivity contribution in [2.75, 3.05) is 0 Å². The van der Waals surface area contributed by atoms with Crippen molar-refractivity contribution in [3.63, 3.8) is 0 Å². The van der Waals surface area contributed by atoms with E-state index in [0.717, 1.165) is 46.1 Å². The maximum atomic E-state index is 18.3. The first-order valence-corrected chi connectivity index (χ1v) is 30.7. The van der Waals surface area contributed by atoms with Gasteiger partial charge in [-0.25, -0.2) is 34.3 Å². The van der Waals surface area contributed by atoms with Crippen LogP contribution in [0.3, 0.4) is 0 Å². The van der Waals surface area contributed by atoms with Gasteiger partial charge in [0.25, 0.3) is 0 Å². The summed E-state index contributed by atoms with van der Waals surface area (Å²) in [6.07, 6.45) is 6.19. The normalized spacial score (nSPS) is 21.9. The van der Waals surface area contributed by atoms with Crippen LogP contribution in [0.2, 0.25) is 0 Å². The zero-order valence-electron chi connectivity index (χ0n) is 48.5. The van der Waals surface area contributed by atoms with Crippen LogP contribution in [0.4, 0.5) is 4.39 Å². The molecule has 0 amide bonds. The Kier molecular flexibility index (Phi) is 11.0. The van der Waals surface area contributed by atoms with Crippen LogP contribution < -0.4 is 0 Å². The number of halogens is 1. The van der Waals surface area contributed by atoms with Crippen molar-refractivity contribution in [3.8, 4) is 113 Å². The van der Waals surface area contributed by atoms with Crippen molar-refractivity contribution in [2.24, 2.45) is 29.1 Å². The summed E-state index contributed by atoms with van der Waals surface area (Å²) in [4.78, 5) is 31.3. The first kappa shape index (κ1) is 50.4. The predicted octanol–water partition coefficient (Wildman–Crippen LogP) is 18.9. The number of fused-ring (bicyclic) bond motifs is 11. The van der Waals surface area contributed by atoms with Crippen molar-refractivity contribution < 1.29 is 4.39 Å². The van der Waals surface area contributed by atoms with E-state index in [9.17, 15) is 0 Å². The lowest BCUT2D eigenvalue weighted by molar-refractivity contribution is -0.193. The number of benzene rings is 9. The van der Waals surface area contributed by atoms with E-state index >= 15 is 4.39 Å². The summed E-state index contributed by atoms with van der Waals surface area (Å²) in [6.45, 7) is 11.3. The van der Waals surface area contributed by atoms with E-state index in [2.05, 4.69) is 150 Å². The second kappa shape index (κ2) is 18.5. The maximum absolute atomic E-state index is 18.3. The standard InChI is InChI=1S/C78H63FN6/c1-6-45-27-29-49(30-28-45)72-81-71(48-19-11-8-12-20-48)84-75(85-72)61-41-59(74-82-70(47-17-9-7-10-18-47)80-73(83-74)50-33-31-46(32-34-50)44(2)3)58(42-66(61)79)51-35-36-63-60(37-51)69-56(55-22-15-25-64-68(55)57-21-13-14-24-62(57)76(64,4)5)23-16-26-65(69)78(63)54-39-52-38-53-40-67(78)77(52,53)43-54/h7-37,41-42,44,52-54,67H,6,38-40,43H2,1-5H3. The molecule has 7 heteroatoms. The number of rotatable bonds is 10. The monoisotopic (exact) mass is 1100 g/mol. The smallest absolute Gasteiger partial charge is 0.167 e. The molecular weight excluding hydrogens is 1040 g/mol. The van der Waals surface area contributed by atoms with Crippen molar-refractivity contribution in [1.82, 2.24) is 29.9 Å². The Balaban J connectivity index is 0.918. The van der Waals surface area contributed by atoms with Gasteiger partial charge in [-0.1, -0.05) is 217 Å². The Labute approximate surface area is 496 Å². The second-order valence-electron chi connectivity index (χ2n) is 26.0. The molecule has 6 nitrogen and oxygen atoms in total. The molecule has 2 spiro atoms. The molecule has 4 fully saturated rings. The molecule has 9 aromatic carbocycles. The molecular formula is C78H63FN6. The van der Waals surface area contributed by atoms with Gasteiger partial charge in [-0.2, -0.15) is 0 Å². The molecule has 0 saturated heterocycles. The van der Waals surface area contributed by atoms with Crippen molar-refractivity contribution in [1.29, 1.82) is 0 Å². The summed E-state index contributed by atoms with van der Waals surface area (Å²) < 4.78 is 18.3. The molecule has 85 heavy (non-hydrogen) atoms. The SMILES string of the molecule is CCc1ccc(-c2nc(-c3ccccc3)nc(-c3cc(-c4nc(-c5ccccc5)nc(-c5ccc(C(C)C)cc5)n4)c(-c4ccc5c(c4)-c4c(-c6cccc7c6-c6ccccc6C7(C)C)cccc4C54C5CC6CC7CC4C67C5)cc3F)n2)cc1. The van der Waals surface area contributed by atoms with Crippen molar-refractivity contribution >= 4 is 0 Å². The van der Waals surface area contributed by atoms with Gasteiger partial charge in [0.15, 0.2) is 34.9 Å². The van der Waals surface area contributed by atoms with Crippen LogP contribution in [0.25, 0.3) is 113 Å². The Morgan fingerprint density at radius 2 is 0.918 bits per heavy atom. The van der Waals surface area contributed by atoms with E-state index in [1.54, 1.807) is 6.07 Å². The summed E-state index contributed by atoms with van der Waals surface area (Å²) in [5.41, 5.74) is 21.8. The average molecular weight is 1100 g/mol. The predicted molar refractivity (Wildman–Crippen MR) is 339 cm³/mol. The largest absolute Gasteiger partial charge is 0.208 e. The van der Waals surface area contributed by atoms with Crippen LogP contribution in [0.15, 0.2) is 200 Å². The van der Waals surface area contributed by atoms with Crippen LogP contribution in [0, 0.1) is 34.9 Å². The van der Waals surface area contributed by atoms with E-state index in [1.807, 2.05) is 78.9 Å². The second-order valence-corrected chi connectivity index (χ2v) is 26.0. The third-order valence-corrected chi connectivity index (χ3v) is 21.5. The molecule has 11 aromatic rings. The van der Waals surface area contributed by atoms with Gasteiger partial charge in [-0.15, -0.1) is 0 Å². The Morgan fingerprint density at radius 3 is 1.53 bits per heavy atom. The van der Waals surface area contributed by atoms with Crippen LogP contribution in [-0.2, 0) is 17.3 Å². The molecule has 0 N–H and O–H groups in total. The summed E-state index contributed by atoms with van der Waals surface area (Å²) >= 11 is 0. The minimum atomic E-state index is -0.457. The summed E-state index contributed by atoms with van der Waals surface area (Å²) in [5.74, 6) is 5.33. The summed E-state index contributed by atoms with van der Waals surface area (Å²) in [6, 6.07) is 70.7. The average Bonchev–Trinajstić information content (AvgIpc) is 1.46. The fraction of sp³-hybridized carbons (Fsp3) is 0.231.